The molecular formula is C24H36F2O3. The molecule has 1 aliphatic heterocycles. The van der Waals surface area contributed by atoms with Crippen molar-refractivity contribution in [3.05, 3.63) is 29.3 Å². The van der Waals surface area contributed by atoms with Crippen molar-refractivity contribution in [2.24, 2.45) is 5.92 Å². The highest BCUT2D eigenvalue weighted by molar-refractivity contribution is 5.33. The topological polar surface area (TPSA) is 27.7 Å². The fraction of sp³-hybridized carbons (Fsp3) is 0.750. The van der Waals surface area contributed by atoms with Gasteiger partial charge in [-0.05, 0) is 68.4 Å². The van der Waals surface area contributed by atoms with Gasteiger partial charge in [0.25, 0.3) is 0 Å². The number of methoxy groups -OCH3 is 1. The van der Waals surface area contributed by atoms with Crippen molar-refractivity contribution in [1.82, 2.24) is 0 Å². The lowest BCUT2D eigenvalue weighted by Gasteiger charge is -2.32. The van der Waals surface area contributed by atoms with Gasteiger partial charge in [0.05, 0.1) is 25.9 Å². The second-order valence-corrected chi connectivity index (χ2v) is 8.69. The van der Waals surface area contributed by atoms with Crippen LogP contribution in [0.4, 0.5) is 8.78 Å². The lowest BCUT2D eigenvalue weighted by Crippen LogP contribution is -2.32. The fourth-order valence-corrected chi connectivity index (χ4v) is 4.71. The van der Waals surface area contributed by atoms with Crippen LogP contribution < -0.4 is 4.74 Å². The SMILES string of the molecule is CCCCCC1CCC(COC2CCC(c3ccc(OC)c(F)c3F)CC2)OC1. The first-order valence-electron chi connectivity index (χ1n) is 11.4. The molecule has 2 fully saturated rings. The Morgan fingerprint density at radius 2 is 1.79 bits per heavy atom. The van der Waals surface area contributed by atoms with Crippen LogP contribution in [0.15, 0.2) is 12.1 Å². The van der Waals surface area contributed by atoms with E-state index in [2.05, 4.69) is 6.92 Å². The molecule has 1 aliphatic carbocycles. The number of halogens is 2. The zero-order chi connectivity index (χ0) is 20.6. The minimum Gasteiger partial charge on any atom is -0.494 e. The van der Waals surface area contributed by atoms with Crippen LogP contribution in [-0.4, -0.2) is 32.5 Å². The summed E-state index contributed by atoms with van der Waals surface area (Å²) in [5.41, 5.74) is 0.464. The second kappa shape index (κ2) is 11.3. The Kier molecular flexibility index (Phi) is 8.73. The number of rotatable bonds is 9. The maximum atomic E-state index is 14.3. The van der Waals surface area contributed by atoms with Crippen molar-refractivity contribution in [1.29, 1.82) is 0 Å². The van der Waals surface area contributed by atoms with E-state index in [-0.39, 0.29) is 23.9 Å². The van der Waals surface area contributed by atoms with Crippen LogP contribution in [0.1, 0.15) is 82.6 Å². The van der Waals surface area contributed by atoms with Gasteiger partial charge in [0.15, 0.2) is 11.6 Å². The molecule has 1 aromatic carbocycles. The standard InChI is InChI=1S/C24H36F2O3/c1-3-4-5-6-17-7-10-20(28-15-17)16-29-19-11-8-18(9-12-19)21-13-14-22(27-2)24(26)23(21)25/h13-14,17-20H,3-12,15-16H2,1-2H3. The molecule has 0 bridgehead atoms. The van der Waals surface area contributed by atoms with Crippen LogP contribution in [0, 0.1) is 17.6 Å². The average Bonchev–Trinajstić information content (AvgIpc) is 2.76. The number of benzene rings is 1. The lowest BCUT2D eigenvalue weighted by atomic mass is 9.82. The zero-order valence-corrected chi connectivity index (χ0v) is 17.9. The first-order chi connectivity index (χ1) is 14.1. The maximum absolute atomic E-state index is 14.3. The quantitative estimate of drug-likeness (QED) is 0.441. The average molecular weight is 411 g/mol. The maximum Gasteiger partial charge on any atom is 0.200 e. The third-order valence-corrected chi connectivity index (χ3v) is 6.61. The number of ether oxygens (including phenoxy) is 3. The predicted molar refractivity (Wildman–Crippen MR) is 110 cm³/mol. The Morgan fingerprint density at radius 3 is 2.45 bits per heavy atom. The molecule has 1 saturated carbocycles. The van der Waals surface area contributed by atoms with Crippen molar-refractivity contribution in [2.45, 2.75) is 89.3 Å². The molecule has 2 aliphatic rings. The summed E-state index contributed by atoms with van der Waals surface area (Å²) in [6.07, 6.45) is 11.3. The summed E-state index contributed by atoms with van der Waals surface area (Å²) in [7, 11) is 1.35. The van der Waals surface area contributed by atoms with E-state index < -0.39 is 11.6 Å². The van der Waals surface area contributed by atoms with Gasteiger partial charge in [0, 0.05) is 6.61 Å². The van der Waals surface area contributed by atoms with E-state index in [4.69, 9.17) is 14.2 Å². The molecule has 0 radical (unpaired) electrons. The van der Waals surface area contributed by atoms with Gasteiger partial charge < -0.3 is 14.2 Å². The molecular weight excluding hydrogens is 374 g/mol. The van der Waals surface area contributed by atoms with Crippen LogP contribution in [0.5, 0.6) is 5.75 Å². The molecule has 0 N–H and O–H groups in total. The Hall–Kier alpha value is -1.20. The largest absolute Gasteiger partial charge is 0.494 e. The van der Waals surface area contributed by atoms with E-state index >= 15 is 0 Å². The Labute approximate surface area is 174 Å². The van der Waals surface area contributed by atoms with Crippen molar-refractivity contribution in [3.63, 3.8) is 0 Å². The third kappa shape index (κ3) is 6.14. The highest BCUT2D eigenvalue weighted by Gasteiger charge is 2.28. The molecule has 2 atom stereocenters. The minimum absolute atomic E-state index is 0.0386. The predicted octanol–water partition coefficient (Wildman–Crippen LogP) is 6.39. The van der Waals surface area contributed by atoms with E-state index in [0.29, 0.717) is 18.1 Å². The van der Waals surface area contributed by atoms with E-state index in [0.717, 1.165) is 38.7 Å². The highest BCUT2D eigenvalue weighted by atomic mass is 19.2. The molecule has 29 heavy (non-hydrogen) atoms. The number of hydrogen-bond donors (Lipinski definition) is 0. The van der Waals surface area contributed by atoms with E-state index in [1.165, 1.54) is 45.3 Å². The summed E-state index contributed by atoms with van der Waals surface area (Å²) in [6.45, 7) is 3.76. The first kappa shape index (κ1) is 22.5. The Morgan fingerprint density at radius 1 is 1.00 bits per heavy atom. The molecule has 0 spiro atoms. The molecule has 0 aromatic heterocycles. The molecule has 2 unspecified atom stereocenters. The second-order valence-electron chi connectivity index (χ2n) is 8.69. The van der Waals surface area contributed by atoms with Crippen LogP contribution in [0.3, 0.4) is 0 Å². The smallest absolute Gasteiger partial charge is 0.200 e. The van der Waals surface area contributed by atoms with Crippen LogP contribution >= 0.6 is 0 Å². The van der Waals surface area contributed by atoms with Crippen molar-refractivity contribution in [2.75, 3.05) is 20.3 Å². The molecule has 0 amide bonds. The van der Waals surface area contributed by atoms with Crippen molar-refractivity contribution >= 4 is 0 Å². The Bertz CT molecular complexity index is 621. The summed E-state index contributed by atoms with van der Waals surface area (Å²) < 4.78 is 45.3. The zero-order valence-electron chi connectivity index (χ0n) is 17.9. The van der Waals surface area contributed by atoms with Gasteiger partial charge in [0.2, 0.25) is 5.82 Å². The molecule has 1 heterocycles. The summed E-state index contributed by atoms with van der Waals surface area (Å²) in [6, 6.07) is 3.18. The van der Waals surface area contributed by atoms with Gasteiger partial charge in [-0.25, -0.2) is 4.39 Å². The van der Waals surface area contributed by atoms with Crippen molar-refractivity contribution in [3.8, 4) is 5.75 Å². The van der Waals surface area contributed by atoms with Crippen molar-refractivity contribution < 1.29 is 23.0 Å². The van der Waals surface area contributed by atoms with Crippen LogP contribution in [0.25, 0.3) is 0 Å². The number of unbranched alkanes of at least 4 members (excludes halogenated alkanes) is 2. The Balaban J connectivity index is 1.37. The van der Waals surface area contributed by atoms with Crippen LogP contribution in [-0.2, 0) is 9.47 Å². The van der Waals surface area contributed by atoms with Gasteiger partial charge in [-0.1, -0.05) is 32.3 Å². The van der Waals surface area contributed by atoms with E-state index in [1.54, 1.807) is 6.07 Å². The van der Waals surface area contributed by atoms with Gasteiger partial charge >= 0.3 is 0 Å². The normalized spacial score (nSPS) is 27.7. The molecule has 5 heteroatoms. The van der Waals surface area contributed by atoms with Gasteiger partial charge in [-0.2, -0.15) is 4.39 Å². The third-order valence-electron chi connectivity index (χ3n) is 6.61. The molecule has 164 valence electrons. The summed E-state index contributed by atoms with van der Waals surface area (Å²) >= 11 is 0. The molecule has 1 saturated heterocycles. The highest BCUT2D eigenvalue weighted by Crippen LogP contribution is 2.37. The lowest BCUT2D eigenvalue weighted by molar-refractivity contribution is -0.0858. The van der Waals surface area contributed by atoms with E-state index in [9.17, 15) is 8.78 Å². The summed E-state index contributed by atoms with van der Waals surface area (Å²) in [5, 5.41) is 0. The molecule has 3 nitrogen and oxygen atoms in total. The van der Waals surface area contributed by atoms with Crippen LogP contribution in [0.2, 0.25) is 0 Å². The molecule has 1 aromatic rings. The molecule has 3 rings (SSSR count). The van der Waals surface area contributed by atoms with Gasteiger partial charge in [-0.3, -0.25) is 0 Å². The first-order valence-corrected chi connectivity index (χ1v) is 11.4. The summed E-state index contributed by atoms with van der Waals surface area (Å²) in [5.74, 6) is -0.926. The van der Waals surface area contributed by atoms with Gasteiger partial charge in [-0.15, -0.1) is 0 Å². The number of hydrogen-bond acceptors (Lipinski definition) is 3. The summed E-state index contributed by atoms with van der Waals surface area (Å²) in [4.78, 5) is 0. The van der Waals surface area contributed by atoms with E-state index in [1.807, 2.05) is 0 Å². The minimum atomic E-state index is -0.884. The monoisotopic (exact) mass is 410 g/mol. The fourth-order valence-electron chi connectivity index (χ4n) is 4.71. The van der Waals surface area contributed by atoms with Gasteiger partial charge in [0.1, 0.15) is 0 Å².